The second kappa shape index (κ2) is 10.5. The van der Waals surface area contributed by atoms with Gasteiger partial charge in [-0.2, -0.15) is 0 Å². The predicted octanol–water partition coefficient (Wildman–Crippen LogP) is 3.56. The molecule has 0 saturated heterocycles. The standard InChI is InChI=1S/C13H21NO4.C11H17NO4/c1-6-9-8-13(9,10(15)17-7-2)14-11(16)18-12(3,4)5;1-5-7-6-11(7,8(13)14)12-9(15)16-10(2,3)4/h6,9H,1,7-8H2,2-5H3,(H,14,16);5,7H,1,6H2,2-4H3,(H,12,15)(H,13,14)/t9?,13-;7?,11-/m00/s1. The van der Waals surface area contributed by atoms with Gasteiger partial charge in [0.1, 0.15) is 22.3 Å². The van der Waals surface area contributed by atoms with E-state index in [2.05, 4.69) is 23.8 Å². The van der Waals surface area contributed by atoms with E-state index in [9.17, 15) is 19.2 Å². The number of nitrogens with one attached hydrogen (secondary N) is 2. The lowest BCUT2D eigenvalue weighted by molar-refractivity contribution is -0.147. The van der Waals surface area contributed by atoms with Crippen LogP contribution in [0.4, 0.5) is 9.59 Å². The molecule has 0 bridgehead atoms. The smallest absolute Gasteiger partial charge is 0.408 e. The van der Waals surface area contributed by atoms with Gasteiger partial charge in [0.15, 0.2) is 0 Å². The third-order valence-electron chi connectivity index (χ3n) is 5.07. The van der Waals surface area contributed by atoms with Crippen molar-refractivity contribution in [1.82, 2.24) is 10.6 Å². The Morgan fingerprint density at radius 2 is 1.26 bits per heavy atom. The van der Waals surface area contributed by atoms with Gasteiger partial charge in [-0.15, -0.1) is 13.2 Å². The van der Waals surface area contributed by atoms with Gasteiger partial charge < -0.3 is 30.0 Å². The molecule has 0 radical (unpaired) electrons. The first-order valence-corrected chi connectivity index (χ1v) is 11.1. The zero-order valence-electron chi connectivity index (χ0n) is 21.1. The Kier molecular flexibility index (Phi) is 8.94. The van der Waals surface area contributed by atoms with E-state index in [0.717, 1.165) is 0 Å². The van der Waals surface area contributed by atoms with E-state index in [1.54, 1.807) is 54.5 Å². The summed E-state index contributed by atoms with van der Waals surface area (Å²) < 4.78 is 15.1. The lowest BCUT2D eigenvalue weighted by Gasteiger charge is -2.23. The number of carbonyl (C=O) groups is 4. The predicted molar refractivity (Wildman–Crippen MR) is 125 cm³/mol. The molecular weight excluding hydrogens is 444 g/mol. The van der Waals surface area contributed by atoms with Gasteiger partial charge in [-0.1, -0.05) is 12.2 Å². The van der Waals surface area contributed by atoms with Gasteiger partial charge in [-0.25, -0.2) is 19.2 Å². The molecule has 2 aliphatic carbocycles. The minimum atomic E-state index is -1.22. The van der Waals surface area contributed by atoms with Gasteiger partial charge in [0, 0.05) is 11.8 Å². The summed E-state index contributed by atoms with van der Waals surface area (Å²) in [6, 6.07) is 0. The van der Waals surface area contributed by atoms with Crippen LogP contribution in [0.3, 0.4) is 0 Å². The molecule has 0 aromatic rings. The van der Waals surface area contributed by atoms with Crippen LogP contribution in [0.2, 0.25) is 0 Å². The lowest BCUT2D eigenvalue weighted by atomic mass is 10.2. The molecule has 2 fully saturated rings. The van der Waals surface area contributed by atoms with E-state index in [1.807, 2.05) is 0 Å². The molecule has 2 amide bonds. The molecule has 34 heavy (non-hydrogen) atoms. The molecule has 192 valence electrons. The number of alkyl carbamates (subject to hydrolysis) is 2. The summed E-state index contributed by atoms with van der Waals surface area (Å²) in [5.41, 5.74) is -3.44. The minimum Gasteiger partial charge on any atom is -0.479 e. The van der Waals surface area contributed by atoms with Crippen molar-refractivity contribution >= 4 is 24.1 Å². The number of amides is 2. The number of hydrogen-bond acceptors (Lipinski definition) is 7. The van der Waals surface area contributed by atoms with Gasteiger partial charge in [-0.3, -0.25) is 0 Å². The number of carboxylic acid groups (broad SMARTS) is 1. The second-order valence-electron chi connectivity index (χ2n) is 10.3. The summed E-state index contributed by atoms with van der Waals surface area (Å²) in [4.78, 5) is 46.1. The normalized spacial score (nSPS) is 27.0. The van der Waals surface area contributed by atoms with Gasteiger partial charge >= 0.3 is 24.1 Å². The van der Waals surface area contributed by atoms with Crippen LogP contribution in [0.5, 0.6) is 0 Å². The largest absolute Gasteiger partial charge is 0.479 e. The highest BCUT2D eigenvalue weighted by atomic mass is 16.6. The highest BCUT2D eigenvalue weighted by Gasteiger charge is 2.62. The van der Waals surface area contributed by atoms with Crippen molar-refractivity contribution in [3.63, 3.8) is 0 Å². The van der Waals surface area contributed by atoms with Crippen molar-refractivity contribution in [2.24, 2.45) is 11.8 Å². The first-order valence-electron chi connectivity index (χ1n) is 11.1. The summed E-state index contributed by atoms with van der Waals surface area (Å²) in [5, 5.41) is 14.0. The number of esters is 1. The van der Waals surface area contributed by atoms with Crippen molar-refractivity contribution < 1.29 is 38.5 Å². The Balaban J connectivity index is 0.000000342. The van der Waals surface area contributed by atoms with Crippen LogP contribution in [0.15, 0.2) is 25.3 Å². The molecule has 4 atom stereocenters. The van der Waals surface area contributed by atoms with Crippen LogP contribution >= 0.6 is 0 Å². The van der Waals surface area contributed by atoms with E-state index in [1.165, 1.54) is 6.08 Å². The monoisotopic (exact) mass is 482 g/mol. The molecule has 2 unspecified atom stereocenters. The molecule has 2 rings (SSSR count). The first kappa shape index (κ1) is 29.0. The average molecular weight is 483 g/mol. The van der Waals surface area contributed by atoms with Crippen LogP contribution in [0.1, 0.15) is 61.3 Å². The van der Waals surface area contributed by atoms with Gasteiger partial charge in [0.2, 0.25) is 0 Å². The number of hydrogen-bond donors (Lipinski definition) is 3. The lowest BCUT2D eigenvalue weighted by Crippen LogP contribution is -2.47. The number of carbonyl (C=O) groups excluding carboxylic acids is 3. The average Bonchev–Trinajstić information content (AvgIpc) is 3.54. The molecule has 0 aromatic heterocycles. The Morgan fingerprint density at radius 3 is 1.56 bits per heavy atom. The van der Waals surface area contributed by atoms with Crippen LogP contribution in [0.25, 0.3) is 0 Å². The summed E-state index contributed by atoms with van der Waals surface area (Å²) >= 11 is 0. The Labute approximate surface area is 201 Å². The highest BCUT2D eigenvalue weighted by molar-refractivity contribution is 5.90. The fourth-order valence-corrected chi connectivity index (χ4v) is 3.25. The fraction of sp³-hybridized carbons (Fsp3) is 0.667. The zero-order valence-corrected chi connectivity index (χ0v) is 21.1. The van der Waals surface area contributed by atoms with Gasteiger partial charge in [-0.05, 0) is 61.3 Å². The topological polar surface area (TPSA) is 140 Å². The molecule has 10 heteroatoms. The maximum absolute atomic E-state index is 11.9. The molecule has 0 aromatic carbocycles. The van der Waals surface area contributed by atoms with E-state index in [0.29, 0.717) is 12.8 Å². The number of aliphatic carboxylic acids is 1. The van der Waals surface area contributed by atoms with E-state index < -0.39 is 46.4 Å². The minimum absolute atomic E-state index is 0.0935. The zero-order chi connectivity index (χ0) is 26.5. The summed E-state index contributed by atoms with van der Waals surface area (Å²) in [5.74, 6) is -1.80. The third-order valence-corrected chi connectivity index (χ3v) is 5.07. The molecule has 2 aliphatic rings. The Morgan fingerprint density at radius 1 is 0.882 bits per heavy atom. The molecule has 0 spiro atoms. The SMILES string of the molecule is C=CC1C[C@@]1(NC(=O)OC(C)(C)C)C(=O)O.C=CC1C[C@@]1(NC(=O)OC(C)(C)C)C(=O)OCC. The number of carboxylic acids is 1. The summed E-state index contributed by atoms with van der Waals surface area (Å²) in [7, 11) is 0. The van der Waals surface area contributed by atoms with Crippen molar-refractivity contribution in [1.29, 1.82) is 0 Å². The number of rotatable bonds is 7. The molecule has 0 heterocycles. The van der Waals surface area contributed by atoms with Crippen LogP contribution in [-0.2, 0) is 23.8 Å². The molecule has 0 aliphatic heterocycles. The third kappa shape index (κ3) is 7.78. The Hall–Kier alpha value is -3.04. The van der Waals surface area contributed by atoms with Gasteiger partial charge in [0.25, 0.3) is 0 Å². The van der Waals surface area contributed by atoms with Crippen LogP contribution < -0.4 is 10.6 Å². The maximum atomic E-state index is 11.9. The second-order valence-corrected chi connectivity index (χ2v) is 10.3. The molecular formula is C24H38N2O8. The summed E-state index contributed by atoms with van der Waals surface area (Å²) in [6.45, 7) is 19.6. The van der Waals surface area contributed by atoms with E-state index in [4.69, 9.17) is 19.3 Å². The quantitative estimate of drug-likeness (QED) is 0.284. The number of ether oxygens (including phenoxy) is 3. The first-order chi connectivity index (χ1) is 15.5. The van der Waals surface area contributed by atoms with Crippen LogP contribution in [0, 0.1) is 11.8 Å². The molecule has 2 saturated carbocycles. The van der Waals surface area contributed by atoms with Crippen LogP contribution in [-0.4, -0.2) is 58.1 Å². The highest BCUT2D eigenvalue weighted by Crippen LogP contribution is 2.46. The van der Waals surface area contributed by atoms with Crippen molar-refractivity contribution in [3.05, 3.63) is 25.3 Å². The van der Waals surface area contributed by atoms with Crippen molar-refractivity contribution in [2.75, 3.05) is 6.61 Å². The van der Waals surface area contributed by atoms with Gasteiger partial charge in [0.05, 0.1) is 6.61 Å². The molecule has 10 nitrogen and oxygen atoms in total. The Bertz CT molecular complexity index is 826. The molecule has 3 N–H and O–H groups in total. The van der Waals surface area contributed by atoms with E-state index >= 15 is 0 Å². The van der Waals surface area contributed by atoms with Crippen molar-refractivity contribution in [2.45, 2.75) is 83.6 Å². The maximum Gasteiger partial charge on any atom is 0.408 e. The van der Waals surface area contributed by atoms with E-state index in [-0.39, 0.29) is 18.4 Å². The summed E-state index contributed by atoms with van der Waals surface area (Å²) in [6.07, 6.45) is 2.73. The fourth-order valence-electron chi connectivity index (χ4n) is 3.25. The van der Waals surface area contributed by atoms with Crippen molar-refractivity contribution in [3.8, 4) is 0 Å².